The van der Waals surface area contributed by atoms with Gasteiger partial charge in [0.2, 0.25) is 0 Å². The highest BCUT2D eigenvalue weighted by atomic mass is 35.5. The summed E-state index contributed by atoms with van der Waals surface area (Å²) in [7, 11) is 0. The summed E-state index contributed by atoms with van der Waals surface area (Å²) < 4.78 is 6.02. The van der Waals surface area contributed by atoms with Crippen LogP contribution in [0.25, 0.3) is 10.9 Å². The first kappa shape index (κ1) is 13.9. The maximum Gasteiger partial charge on any atom is 0.153 e. The van der Waals surface area contributed by atoms with Gasteiger partial charge in [0.25, 0.3) is 0 Å². The molecule has 0 bridgehead atoms. The van der Waals surface area contributed by atoms with Crippen molar-refractivity contribution >= 4 is 22.5 Å². The summed E-state index contributed by atoms with van der Waals surface area (Å²) in [6.45, 7) is 2.46. The van der Waals surface area contributed by atoms with E-state index in [0.717, 1.165) is 27.8 Å². The number of hydrogen-bond donors (Lipinski definition) is 1. The van der Waals surface area contributed by atoms with Crippen LogP contribution in [0, 0.1) is 6.92 Å². The lowest BCUT2D eigenvalue weighted by atomic mass is 10.1. The topological polar surface area (TPSA) is 48.1 Å². The minimum Gasteiger partial charge on any atom is -0.455 e. The Kier molecular flexibility index (Phi) is 3.78. The van der Waals surface area contributed by atoms with Crippen molar-refractivity contribution in [2.75, 3.05) is 0 Å². The van der Waals surface area contributed by atoms with E-state index in [1.165, 1.54) is 0 Å². The maximum absolute atomic E-state index is 6.20. The minimum atomic E-state index is 0.427. The van der Waals surface area contributed by atoms with E-state index in [4.69, 9.17) is 22.1 Å². The van der Waals surface area contributed by atoms with E-state index in [1.54, 1.807) is 6.20 Å². The molecule has 0 aliphatic carbocycles. The quantitative estimate of drug-likeness (QED) is 0.777. The molecule has 3 nitrogen and oxygen atoms in total. The van der Waals surface area contributed by atoms with E-state index in [9.17, 15) is 0 Å². The molecule has 106 valence electrons. The molecule has 2 aromatic carbocycles. The fourth-order valence-electron chi connectivity index (χ4n) is 2.28. The second-order valence-electron chi connectivity index (χ2n) is 4.86. The normalized spacial score (nSPS) is 10.8. The number of aryl methyl sites for hydroxylation is 1. The second kappa shape index (κ2) is 5.72. The predicted octanol–water partition coefficient (Wildman–Crippen LogP) is 4.45. The molecular formula is C17H15ClN2O. The smallest absolute Gasteiger partial charge is 0.153 e. The van der Waals surface area contributed by atoms with Crippen LogP contribution in [0.1, 0.15) is 11.1 Å². The summed E-state index contributed by atoms with van der Waals surface area (Å²) in [5, 5.41) is 1.53. The van der Waals surface area contributed by atoms with Gasteiger partial charge in [-0.25, -0.2) is 0 Å². The molecule has 0 saturated heterocycles. The van der Waals surface area contributed by atoms with E-state index in [-0.39, 0.29) is 0 Å². The van der Waals surface area contributed by atoms with Crippen LogP contribution in [0.2, 0.25) is 5.02 Å². The van der Waals surface area contributed by atoms with Crippen molar-refractivity contribution in [1.29, 1.82) is 0 Å². The number of aromatic nitrogens is 1. The van der Waals surface area contributed by atoms with Gasteiger partial charge >= 0.3 is 0 Å². The number of benzene rings is 2. The number of fused-ring (bicyclic) bond motifs is 1. The third-order valence-corrected chi connectivity index (χ3v) is 3.66. The van der Waals surface area contributed by atoms with Gasteiger partial charge in [-0.1, -0.05) is 29.3 Å². The first-order chi connectivity index (χ1) is 10.2. The van der Waals surface area contributed by atoms with Crippen LogP contribution >= 0.6 is 11.6 Å². The Labute approximate surface area is 128 Å². The minimum absolute atomic E-state index is 0.427. The highest BCUT2D eigenvalue weighted by molar-refractivity contribution is 6.35. The largest absolute Gasteiger partial charge is 0.455 e. The van der Waals surface area contributed by atoms with Crippen LogP contribution in [0.5, 0.6) is 11.5 Å². The summed E-state index contributed by atoms with van der Waals surface area (Å²) >= 11 is 6.20. The summed E-state index contributed by atoms with van der Waals surface area (Å²) in [4.78, 5) is 4.37. The first-order valence-corrected chi connectivity index (χ1v) is 7.07. The van der Waals surface area contributed by atoms with Crippen molar-refractivity contribution in [3.05, 3.63) is 64.8 Å². The third kappa shape index (κ3) is 2.71. The van der Waals surface area contributed by atoms with E-state index >= 15 is 0 Å². The van der Waals surface area contributed by atoms with Crippen molar-refractivity contribution in [3.63, 3.8) is 0 Å². The number of ether oxygens (including phenoxy) is 1. The SMILES string of the molecule is Cc1ccc(Oc2ccc(Cl)c3cccnc23)c(CN)c1. The molecule has 3 aromatic rings. The molecule has 0 aliphatic rings. The zero-order valence-corrected chi connectivity index (χ0v) is 12.4. The van der Waals surface area contributed by atoms with E-state index in [0.29, 0.717) is 17.3 Å². The van der Waals surface area contributed by atoms with Crippen LogP contribution < -0.4 is 10.5 Å². The van der Waals surface area contributed by atoms with Crippen molar-refractivity contribution < 1.29 is 4.74 Å². The lowest BCUT2D eigenvalue weighted by Gasteiger charge is -2.12. The Hall–Kier alpha value is -2.10. The first-order valence-electron chi connectivity index (χ1n) is 6.69. The highest BCUT2D eigenvalue weighted by Crippen LogP contribution is 2.34. The second-order valence-corrected chi connectivity index (χ2v) is 5.27. The van der Waals surface area contributed by atoms with Crippen LogP contribution in [0.15, 0.2) is 48.7 Å². The number of rotatable bonds is 3. The molecule has 0 saturated carbocycles. The summed E-state index contributed by atoms with van der Waals surface area (Å²) in [6, 6.07) is 13.4. The summed E-state index contributed by atoms with van der Waals surface area (Å²) in [5.74, 6) is 1.42. The van der Waals surface area contributed by atoms with Crippen LogP contribution in [-0.2, 0) is 6.54 Å². The number of nitrogens with two attached hydrogens (primary N) is 1. The Bertz CT molecular complexity index is 802. The summed E-state index contributed by atoms with van der Waals surface area (Å²) in [5.41, 5.74) is 8.66. The van der Waals surface area contributed by atoms with E-state index in [1.807, 2.05) is 49.4 Å². The van der Waals surface area contributed by atoms with Gasteiger partial charge in [-0.3, -0.25) is 4.98 Å². The Morgan fingerprint density at radius 1 is 1.14 bits per heavy atom. The molecule has 0 spiro atoms. The molecule has 21 heavy (non-hydrogen) atoms. The van der Waals surface area contributed by atoms with Gasteiger partial charge in [-0.2, -0.15) is 0 Å². The highest BCUT2D eigenvalue weighted by Gasteiger charge is 2.10. The molecule has 1 heterocycles. The molecule has 4 heteroatoms. The Morgan fingerprint density at radius 2 is 1.95 bits per heavy atom. The zero-order chi connectivity index (χ0) is 14.8. The number of hydrogen-bond acceptors (Lipinski definition) is 3. The molecule has 0 fully saturated rings. The molecule has 2 N–H and O–H groups in total. The van der Waals surface area contributed by atoms with Crippen molar-refractivity contribution in [2.24, 2.45) is 5.73 Å². The Balaban J connectivity index is 2.09. The molecule has 0 amide bonds. The molecule has 0 aliphatic heterocycles. The van der Waals surface area contributed by atoms with Gasteiger partial charge < -0.3 is 10.5 Å². The molecule has 0 atom stereocenters. The number of nitrogens with zero attached hydrogens (tertiary/aromatic N) is 1. The van der Waals surface area contributed by atoms with Gasteiger partial charge in [0.15, 0.2) is 5.75 Å². The van der Waals surface area contributed by atoms with E-state index in [2.05, 4.69) is 4.98 Å². The van der Waals surface area contributed by atoms with Crippen molar-refractivity contribution in [3.8, 4) is 11.5 Å². The number of halogens is 1. The average Bonchev–Trinajstić information content (AvgIpc) is 2.52. The maximum atomic E-state index is 6.20. The molecule has 0 unspecified atom stereocenters. The fraction of sp³-hybridized carbons (Fsp3) is 0.118. The lowest BCUT2D eigenvalue weighted by Crippen LogP contribution is -2.00. The molecular weight excluding hydrogens is 284 g/mol. The number of pyridine rings is 1. The average molecular weight is 299 g/mol. The van der Waals surface area contributed by atoms with Gasteiger partial charge in [0.1, 0.15) is 11.3 Å². The lowest BCUT2D eigenvalue weighted by molar-refractivity contribution is 0.480. The van der Waals surface area contributed by atoms with Gasteiger partial charge in [-0.05, 0) is 37.3 Å². The molecule has 3 rings (SSSR count). The molecule has 1 aromatic heterocycles. The van der Waals surface area contributed by atoms with Crippen molar-refractivity contribution in [2.45, 2.75) is 13.5 Å². The monoisotopic (exact) mass is 298 g/mol. The van der Waals surface area contributed by atoms with Crippen molar-refractivity contribution in [1.82, 2.24) is 4.98 Å². The van der Waals surface area contributed by atoms with Gasteiger partial charge in [-0.15, -0.1) is 0 Å². The van der Waals surface area contributed by atoms with Crippen LogP contribution in [-0.4, -0.2) is 4.98 Å². The Morgan fingerprint density at radius 3 is 2.76 bits per heavy atom. The van der Waals surface area contributed by atoms with E-state index < -0.39 is 0 Å². The van der Waals surface area contributed by atoms with Gasteiger partial charge in [0, 0.05) is 23.7 Å². The predicted molar refractivity (Wildman–Crippen MR) is 85.9 cm³/mol. The summed E-state index contributed by atoms with van der Waals surface area (Å²) in [6.07, 6.45) is 1.73. The fourth-order valence-corrected chi connectivity index (χ4v) is 2.50. The standard InChI is InChI=1S/C17H15ClN2O/c1-11-4-6-15(12(9-11)10-19)21-16-7-5-14(18)13-3-2-8-20-17(13)16/h2-9H,10,19H2,1H3. The van der Waals surface area contributed by atoms with Gasteiger partial charge in [0.05, 0.1) is 5.02 Å². The van der Waals surface area contributed by atoms with Crippen LogP contribution in [0.4, 0.5) is 0 Å². The molecule has 0 radical (unpaired) electrons. The third-order valence-electron chi connectivity index (χ3n) is 3.34. The van der Waals surface area contributed by atoms with Crippen LogP contribution in [0.3, 0.4) is 0 Å². The zero-order valence-electron chi connectivity index (χ0n) is 11.6.